The SMILES string of the molecule is CNC1CCCCC1Oc1ccc(Cl)cc1[N+](=O)[O-]. The van der Waals surface area contributed by atoms with Crippen LogP contribution in [0.4, 0.5) is 5.69 Å². The van der Waals surface area contributed by atoms with E-state index in [1.807, 2.05) is 7.05 Å². The molecule has 104 valence electrons. The lowest BCUT2D eigenvalue weighted by Gasteiger charge is -2.31. The summed E-state index contributed by atoms with van der Waals surface area (Å²) in [4.78, 5) is 10.6. The van der Waals surface area contributed by atoms with Crippen molar-refractivity contribution >= 4 is 17.3 Å². The Bertz CT molecular complexity index is 467. The van der Waals surface area contributed by atoms with Gasteiger partial charge in [-0.3, -0.25) is 10.1 Å². The van der Waals surface area contributed by atoms with Gasteiger partial charge < -0.3 is 10.1 Å². The molecule has 1 fully saturated rings. The highest BCUT2D eigenvalue weighted by Gasteiger charge is 2.27. The maximum absolute atomic E-state index is 11.0. The molecule has 0 spiro atoms. The molecule has 0 aromatic heterocycles. The Labute approximate surface area is 117 Å². The molecular weight excluding hydrogens is 268 g/mol. The van der Waals surface area contributed by atoms with Gasteiger partial charge in [0.1, 0.15) is 6.10 Å². The largest absolute Gasteiger partial charge is 0.482 e. The van der Waals surface area contributed by atoms with Crippen LogP contribution in [0, 0.1) is 10.1 Å². The molecule has 0 radical (unpaired) electrons. The quantitative estimate of drug-likeness (QED) is 0.681. The molecule has 0 amide bonds. The number of nitro groups is 1. The fourth-order valence-corrected chi connectivity index (χ4v) is 2.63. The van der Waals surface area contributed by atoms with Gasteiger partial charge in [0.25, 0.3) is 0 Å². The summed E-state index contributed by atoms with van der Waals surface area (Å²) in [5.74, 6) is 0.293. The average molecular weight is 285 g/mol. The van der Waals surface area contributed by atoms with Crippen LogP contribution in [0.15, 0.2) is 18.2 Å². The Balaban J connectivity index is 2.20. The second-order valence-corrected chi connectivity index (χ2v) is 5.14. The molecule has 5 nitrogen and oxygen atoms in total. The topological polar surface area (TPSA) is 64.4 Å². The third-order valence-electron chi connectivity index (χ3n) is 3.47. The molecule has 1 aliphatic carbocycles. The van der Waals surface area contributed by atoms with E-state index in [1.54, 1.807) is 12.1 Å². The van der Waals surface area contributed by atoms with Crippen LogP contribution < -0.4 is 10.1 Å². The third-order valence-corrected chi connectivity index (χ3v) is 3.70. The monoisotopic (exact) mass is 284 g/mol. The van der Waals surface area contributed by atoms with Crippen LogP contribution in [0.1, 0.15) is 25.7 Å². The van der Waals surface area contributed by atoms with E-state index >= 15 is 0 Å². The number of ether oxygens (including phenoxy) is 1. The Hall–Kier alpha value is -1.33. The maximum atomic E-state index is 11.0. The second kappa shape index (κ2) is 6.21. The van der Waals surface area contributed by atoms with Gasteiger partial charge >= 0.3 is 5.69 Å². The van der Waals surface area contributed by atoms with E-state index in [-0.39, 0.29) is 17.8 Å². The summed E-state index contributed by atoms with van der Waals surface area (Å²) in [5, 5.41) is 14.6. The van der Waals surface area contributed by atoms with Crippen molar-refractivity contribution in [3.05, 3.63) is 33.3 Å². The summed E-state index contributed by atoms with van der Waals surface area (Å²) in [6, 6.07) is 4.75. The Kier molecular flexibility index (Phi) is 4.61. The van der Waals surface area contributed by atoms with Gasteiger partial charge in [-0.05, 0) is 38.4 Å². The number of rotatable bonds is 4. The molecule has 19 heavy (non-hydrogen) atoms. The molecule has 1 aliphatic rings. The number of nitrogens with one attached hydrogen (secondary N) is 1. The highest BCUT2D eigenvalue weighted by atomic mass is 35.5. The van der Waals surface area contributed by atoms with Crippen molar-refractivity contribution in [2.45, 2.75) is 37.8 Å². The van der Waals surface area contributed by atoms with Gasteiger partial charge in [-0.1, -0.05) is 18.0 Å². The van der Waals surface area contributed by atoms with Gasteiger partial charge in [-0.2, -0.15) is 0 Å². The van der Waals surface area contributed by atoms with Gasteiger partial charge in [0.15, 0.2) is 5.75 Å². The van der Waals surface area contributed by atoms with Gasteiger partial charge in [-0.15, -0.1) is 0 Å². The highest BCUT2D eigenvalue weighted by Crippen LogP contribution is 2.33. The zero-order valence-corrected chi connectivity index (χ0v) is 11.5. The van der Waals surface area contributed by atoms with Crippen molar-refractivity contribution in [3.63, 3.8) is 0 Å². The maximum Gasteiger partial charge on any atom is 0.312 e. The molecule has 2 atom stereocenters. The molecule has 1 aromatic rings. The summed E-state index contributed by atoms with van der Waals surface area (Å²) >= 11 is 5.79. The van der Waals surface area contributed by atoms with E-state index in [1.165, 1.54) is 6.07 Å². The van der Waals surface area contributed by atoms with E-state index in [4.69, 9.17) is 16.3 Å². The summed E-state index contributed by atoms with van der Waals surface area (Å²) in [7, 11) is 1.89. The molecule has 6 heteroatoms. The molecule has 1 N–H and O–H groups in total. The first-order chi connectivity index (χ1) is 9.11. The minimum atomic E-state index is -0.460. The van der Waals surface area contributed by atoms with Crippen LogP contribution in [0.25, 0.3) is 0 Å². The van der Waals surface area contributed by atoms with Crippen molar-refractivity contribution in [1.82, 2.24) is 5.32 Å². The fraction of sp³-hybridized carbons (Fsp3) is 0.538. The van der Waals surface area contributed by atoms with Gasteiger partial charge in [-0.25, -0.2) is 0 Å². The lowest BCUT2D eigenvalue weighted by Crippen LogP contribution is -2.43. The van der Waals surface area contributed by atoms with E-state index in [0.29, 0.717) is 10.8 Å². The lowest BCUT2D eigenvalue weighted by molar-refractivity contribution is -0.386. The summed E-state index contributed by atoms with van der Waals surface area (Å²) < 4.78 is 5.84. The molecule has 0 aliphatic heterocycles. The summed E-state index contributed by atoms with van der Waals surface area (Å²) in [5.41, 5.74) is -0.0760. The zero-order valence-electron chi connectivity index (χ0n) is 10.8. The third kappa shape index (κ3) is 3.36. The van der Waals surface area contributed by atoms with Crippen molar-refractivity contribution in [1.29, 1.82) is 0 Å². The zero-order chi connectivity index (χ0) is 13.8. The molecular formula is C13H17ClN2O3. The van der Waals surface area contributed by atoms with E-state index in [9.17, 15) is 10.1 Å². The van der Waals surface area contributed by atoms with Gasteiger partial charge in [0.2, 0.25) is 0 Å². The van der Waals surface area contributed by atoms with Gasteiger partial charge in [0.05, 0.1) is 4.92 Å². The molecule has 2 rings (SSSR count). The number of hydrogen-bond donors (Lipinski definition) is 1. The molecule has 0 saturated heterocycles. The molecule has 0 bridgehead atoms. The summed E-state index contributed by atoms with van der Waals surface area (Å²) in [6.07, 6.45) is 4.16. The second-order valence-electron chi connectivity index (χ2n) is 4.71. The molecule has 0 heterocycles. The Morgan fingerprint density at radius 3 is 2.84 bits per heavy atom. The smallest absolute Gasteiger partial charge is 0.312 e. The first-order valence-electron chi connectivity index (χ1n) is 6.39. The van der Waals surface area contributed by atoms with Crippen LogP contribution in [0.5, 0.6) is 5.75 Å². The first-order valence-corrected chi connectivity index (χ1v) is 6.77. The summed E-state index contributed by atoms with van der Waals surface area (Å²) in [6.45, 7) is 0. The number of nitro benzene ring substituents is 1. The fourth-order valence-electron chi connectivity index (χ4n) is 2.46. The predicted octanol–water partition coefficient (Wildman–Crippen LogP) is 3.16. The van der Waals surface area contributed by atoms with Crippen molar-refractivity contribution in [2.75, 3.05) is 7.05 Å². The number of halogens is 1. The van der Waals surface area contributed by atoms with E-state index in [2.05, 4.69) is 5.32 Å². The standard InChI is InChI=1S/C13H17ClN2O3/c1-15-10-4-2-3-5-12(10)19-13-7-6-9(14)8-11(13)16(17)18/h6-8,10,12,15H,2-5H2,1H3. The number of benzene rings is 1. The van der Waals surface area contributed by atoms with Crippen LogP contribution >= 0.6 is 11.6 Å². The Morgan fingerprint density at radius 1 is 1.42 bits per heavy atom. The average Bonchev–Trinajstić information content (AvgIpc) is 2.41. The van der Waals surface area contributed by atoms with Crippen LogP contribution in [0.2, 0.25) is 5.02 Å². The number of likely N-dealkylation sites (N-methyl/N-ethyl adjacent to an activating group) is 1. The predicted molar refractivity (Wildman–Crippen MR) is 73.8 cm³/mol. The Morgan fingerprint density at radius 2 is 2.16 bits per heavy atom. The van der Waals surface area contributed by atoms with E-state index < -0.39 is 4.92 Å². The van der Waals surface area contributed by atoms with E-state index in [0.717, 1.165) is 25.7 Å². The van der Waals surface area contributed by atoms with Crippen molar-refractivity contribution < 1.29 is 9.66 Å². The minimum absolute atomic E-state index is 0.0291. The van der Waals surface area contributed by atoms with Crippen molar-refractivity contribution in [2.24, 2.45) is 0 Å². The van der Waals surface area contributed by atoms with Crippen LogP contribution in [-0.4, -0.2) is 24.1 Å². The number of hydrogen-bond acceptors (Lipinski definition) is 4. The van der Waals surface area contributed by atoms with Gasteiger partial charge in [0, 0.05) is 17.1 Å². The molecule has 1 saturated carbocycles. The highest BCUT2D eigenvalue weighted by molar-refractivity contribution is 6.30. The normalized spacial score (nSPS) is 23.1. The molecule has 2 unspecified atom stereocenters. The lowest BCUT2D eigenvalue weighted by atomic mass is 9.92. The molecule has 1 aromatic carbocycles. The van der Waals surface area contributed by atoms with Crippen LogP contribution in [0.3, 0.4) is 0 Å². The van der Waals surface area contributed by atoms with Crippen molar-refractivity contribution in [3.8, 4) is 5.75 Å². The first kappa shape index (κ1) is 14.1. The van der Waals surface area contributed by atoms with Crippen LogP contribution in [-0.2, 0) is 0 Å². The number of nitrogens with zero attached hydrogens (tertiary/aromatic N) is 1. The minimum Gasteiger partial charge on any atom is -0.482 e.